The number of phenols is 4. The molecule has 122 valence electrons. The van der Waals surface area contributed by atoms with E-state index in [9.17, 15) is 20.4 Å². The summed E-state index contributed by atoms with van der Waals surface area (Å²) in [5.41, 5.74) is 1.59. The van der Waals surface area contributed by atoms with E-state index in [1.54, 1.807) is 12.1 Å². The first-order valence-corrected chi connectivity index (χ1v) is 7.57. The number of hydrogen-bond acceptors (Lipinski definition) is 5. The zero-order chi connectivity index (χ0) is 16.7. The fourth-order valence-corrected chi connectivity index (χ4v) is 3.16. The van der Waals surface area contributed by atoms with E-state index < -0.39 is 0 Å². The molecule has 0 aliphatic carbocycles. The van der Waals surface area contributed by atoms with Gasteiger partial charge < -0.3 is 25.2 Å². The lowest BCUT2D eigenvalue weighted by Crippen LogP contribution is -2.09. The molecule has 1 saturated heterocycles. The van der Waals surface area contributed by atoms with Gasteiger partial charge in [-0.15, -0.1) is 0 Å². The maximum atomic E-state index is 9.70. The number of benzene rings is 2. The summed E-state index contributed by atoms with van der Waals surface area (Å²) in [6.07, 6.45) is -0.449. The highest BCUT2D eigenvalue weighted by atomic mass is 16.5. The van der Waals surface area contributed by atoms with E-state index in [2.05, 4.69) is 13.8 Å². The van der Waals surface area contributed by atoms with E-state index in [1.165, 1.54) is 24.3 Å². The van der Waals surface area contributed by atoms with Crippen LogP contribution in [0.25, 0.3) is 0 Å². The summed E-state index contributed by atoms with van der Waals surface area (Å²) in [5, 5.41) is 38.3. The Labute approximate surface area is 134 Å². The van der Waals surface area contributed by atoms with Crippen molar-refractivity contribution in [2.75, 3.05) is 0 Å². The molecule has 0 aromatic heterocycles. The van der Waals surface area contributed by atoms with Crippen LogP contribution in [-0.2, 0) is 4.74 Å². The minimum Gasteiger partial charge on any atom is -0.504 e. The van der Waals surface area contributed by atoms with Gasteiger partial charge in [-0.05, 0) is 47.2 Å². The summed E-state index contributed by atoms with van der Waals surface area (Å²) < 4.78 is 6.16. The third kappa shape index (κ3) is 2.68. The van der Waals surface area contributed by atoms with Crippen molar-refractivity contribution in [2.45, 2.75) is 26.1 Å². The lowest BCUT2D eigenvalue weighted by Gasteiger charge is -2.17. The van der Waals surface area contributed by atoms with Gasteiger partial charge in [0.1, 0.15) is 0 Å². The van der Waals surface area contributed by atoms with Gasteiger partial charge in [-0.2, -0.15) is 0 Å². The van der Waals surface area contributed by atoms with Crippen molar-refractivity contribution in [2.24, 2.45) is 11.8 Å². The third-order valence-corrected chi connectivity index (χ3v) is 4.73. The van der Waals surface area contributed by atoms with Crippen LogP contribution in [0.5, 0.6) is 23.0 Å². The van der Waals surface area contributed by atoms with E-state index in [1.807, 2.05) is 0 Å². The Hall–Kier alpha value is -2.40. The molecule has 1 heterocycles. The molecule has 0 radical (unpaired) electrons. The lowest BCUT2D eigenvalue weighted by atomic mass is 9.85. The van der Waals surface area contributed by atoms with Crippen LogP contribution >= 0.6 is 0 Å². The SMILES string of the molecule is CC1C(c2ccc(O)c(O)c2)OC(c2ccc(O)c(O)c2)C1C. The maximum Gasteiger partial charge on any atom is 0.157 e. The van der Waals surface area contributed by atoms with Gasteiger partial charge in [-0.1, -0.05) is 26.0 Å². The molecule has 4 N–H and O–H groups in total. The van der Waals surface area contributed by atoms with Gasteiger partial charge in [0.2, 0.25) is 0 Å². The molecule has 1 aliphatic heterocycles. The van der Waals surface area contributed by atoms with Crippen LogP contribution in [0.4, 0.5) is 0 Å². The van der Waals surface area contributed by atoms with E-state index in [0.717, 1.165) is 11.1 Å². The predicted octanol–water partition coefficient (Wildman–Crippen LogP) is 3.59. The Balaban J connectivity index is 1.91. The van der Waals surface area contributed by atoms with Crippen molar-refractivity contribution < 1.29 is 25.2 Å². The number of phenolic OH excluding ortho intramolecular Hbond substituents is 4. The van der Waals surface area contributed by atoms with Crippen molar-refractivity contribution in [3.8, 4) is 23.0 Å². The number of aromatic hydroxyl groups is 4. The normalized spacial score (nSPS) is 27.2. The number of rotatable bonds is 2. The molecule has 0 amide bonds. The zero-order valence-corrected chi connectivity index (χ0v) is 13.0. The second-order valence-corrected chi connectivity index (χ2v) is 6.19. The molecule has 2 aromatic carbocycles. The first-order valence-electron chi connectivity index (χ1n) is 7.57. The molecule has 1 aliphatic rings. The monoisotopic (exact) mass is 316 g/mol. The van der Waals surface area contributed by atoms with Gasteiger partial charge in [-0.3, -0.25) is 0 Å². The Morgan fingerprint density at radius 3 is 1.39 bits per heavy atom. The molecule has 4 unspecified atom stereocenters. The summed E-state index contributed by atoms with van der Waals surface area (Å²) in [5.74, 6) is -0.298. The summed E-state index contributed by atoms with van der Waals surface area (Å²) in [6, 6.07) is 9.40. The molecule has 4 atom stereocenters. The average Bonchev–Trinajstić information content (AvgIpc) is 2.81. The van der Waals surface area contributed by atoms with Crippen LogP contribution in [-0.4, -0.2) is 20.4 Å². The van der Waals surface area contributed by atoms with Crippen LogP contribution in [0.3, 0.4) is 0 Å². The first-order chi connectivity index (χ1) is 10.9. The Morgan fingerprint density at radius 2 is 1.04 bits per heavy atom. The quantitative estimate of drug-likeness (QED) is 0.636. The van der Waals surface area contributed by atoms with E-state index in [4.69, 9.17) is 4.74 Å². The number of ether oxygens (including phenoxy) is 1. The smallest absolute Gasteiger partial charge is 0.157 e. The zero-order valence-electron chi connectivity index (χ0n) is 13.0. The van der Waals surface area contributed by atoms with Crippen LogP contribution in [0.1, 0.15) is 37.2 Å². The Bertz CT molecular complexity index is 666. The van der Waals surface area contributed by atoms with Crippen LogP contribution in [0.15, 0.2) is 36.4 Å². The molecule has 5 heteroatoms. The van der Waals surface area contributed by atoms with Crippen molar-refractivity contribution in [3.63, 3.8) is 0 Å². The molecule has 0 saturated carbocycles. The lowest BCUT2D eigenvalue weighted by molar-refractivity contribution is 0.0288. The summed E-state index contributed by atoms with van der Waals surface area (Å²) in [4.78, 5) is 0. The Kier molecular flexibility index (Phi) is 3.82. The van der Waals surface area contributed by atoms with Gasteiger partial charge in [0.15, 0.2) is 23.0 Å². The summed E-state index contributed by atoms with van der Waals surface area (Å²) >= 11 is 0. The van der Waals surface area contributed by atoms with Gasteiger partial charge in [0.05, 0.1) is 12.2 Å². The highest BCUT2D eigenvalue weighted by molar-refractivity contribution is 5.43. The van der Waals surface area contributed by atoms with Crippen molar-refractivity contribution in [1.82, 2.24) is 0 Å². The van der Waals surface area contributed by atoms with Crippen molar-refractivity contribution >= 4 is 0 Å². The molecule has 23 heavy (non-hydrogen) atoms. The summed E-state index contributed by atoms with van der Waals surface area (Å²) in [7, 11) is 0. The van der Waals surface area contributed by atoms with Gasteiger partial charge in [0, 0.05) is 0 Å². The molecule has 3 rings (SSSR count). The fourth-order valence-electron chi connectivity index (χ4n) is 3.16. The van der Waals surface area contributed by atoms with E-state index in [-0.39, 0.29) is 47.0 Å². The third-order valence-electron chi connectivity index (χ3n) is 4.73. The summed E-state index contributed by atoms with van der Waals surface area (Å²) in [6.45, 7) is 4.14. The fraction of sp³-hybridized carbons (Fsp3) is 0.333. The second-order valence-electron chi connectivity index (χ2n) is 6.19. The van der Waals surface area contributed by atoms with E-state index in [0.29, 0.717) is 0 Å². The molecule has 2 aromatic rings. The van der Waals surface area contributed by atoms with Crippen LogP contribution in [0, 0.1) is 11.8 Å². The first kappa shape index (κ1) is 15.5. The van der Waals surface area contributed by atoms with Gasteiger partial charge in [0.25, 0.3) is 0 Å². The molecule has 5 nitrogen and oxygen atoms in total. The number of hydrogen-bond donors (Lipinski definition) is 4. The predicted molar refractivity (Wildman–Crippen MR) is 84.4 cm³/mol. The molecule has 0 spiro atoms. The second kappa shape index (κ2) is 5.66. The highest BCUT2D eigenvalue weighted by Crippen LogP contribution is 2.50. The van der Waals surface area contributed by atoms with Crippen molar-refractivity contribution in [1.29, 1.82) is 0 Å². The Morgan fingerprint density at radius 1 is 0.652 bits per heavy atom. The minimum atomic E-state index is -0.225. The van der Waals surface area contributed by atoms with Crippen LogP contribution in [0.2, 0.25) is 0 Å². The van der Waals surface area contributed by atoms with Crippen molar-refractivity contribution in [3.05, 3.63) is 47.5 Å². The molecular formula is C18H20O5. The van der Waals surface area contributed by atoms with Gasteiger partial charge in [-0.25, -0.2) is 0 Å². The average molecular weight is 316 g/mol. The van der Waals surface area contributed by atoms with Gasteiger partial charge >= 0.3 is 0 Å². The highest BCUT2D eigenvalue weighted by Gasteiger charge is 2.40. The molecule has 1 fully saturated rings. The molecule has 0 bridgehead atoms. The van der Waals surface area contributed by atoms with Crippen LogP contribution < -0.4 is 0 Å². The minimum absolute atomic E-state index is 0.160. The topological polar surface area (TPSA) is 90.2 Å². The maximum absolute atomic E-state index is 9.70. The van der Waals surface area contributed by atoms with E-state index >= 15 is 0 Å². The largest absolute Gasteiger partial charge is 0.504 e. The standard InChI is InChI=1S/C18H20O5/c1-9-10(2)18(12-4-6-14(20)16(22)8-12)23-17(9)11-3-5-13(19)15(21)7-11/h3-10,17-22H,1-2H3. The molecular weight excluding hydrogens is 296 g/mol.